The smallest absolute Gasteiger partial charge is 0.261 e. The van der Waals surface area contributed by atoms with Crippen LogP contribution in [0.25, 0.3) is 0 Å². The minimum absolute atomic E-state index is 0.0669. The molecule has 19 heavy (non-hydrogen) atoms. The fourth-order valence-electron chi connectivity index (χ4n) is 2.44. The second-order valence-electron chi connectivity index (χ2n) is 4.62. The van der Waals surface area contributed by atoms with Crippen LogP contribution in [0.2, 0.25) is 0 Å². The zero-order valence-electron chi connectivity index (χ0n) is 11.1. The van der Waals surface area contributed by atoms with E-state index in [1.807, 2.05) is 37.3 Å². The third-order valence-electron chi connectivity index (χ3n) is 3.37. The molecule has 0 bridgehead atoms. The lowest BCUT2D eigenvalue weighted by Gasteiger charge is -2.21. The molecule has 4 nitrogen and oxygen atoms in total. The number of carbonyl (C=O) groups is 2. The van der Waals surface area contributed by atoms with E-state index in [1.165, 1.54) is 11.8 Å². The normalized spacial score (nSPS) is 22.0. The maximum absolute atomic E-state index is 12.3. The van der Waals surface area contributed by atoms with Crippen molar-refractivity contribution in [2.24, 2.45) is 0 Å². The van der Waals surface area contributed by atoms with Crippen LogP contribution in [-0.4, -0.2) is 34.3 Å². The van der Waals surface area contributed by atoms with Gasteiger partial charge in [-0.2, -0.15) is 0 Å². The van der Waals surface area contributed by atoms with E-state index in [9.17, 15) is 14.7 Å². The van der Waals surface area contributed by atoms with Crippen LogP contribution in [0.1, 0.15) is 19.4 Å². The second-order valence-corrected chi connectivity index (χ2v) is 4.62. The quantitative estimate of drug-likeness (QED) is 0.512. The molecule has 0 spiro atoms. The highest BCUT2D eigenvalue weighted by atomic mass is 16.3. The Morgan fingerprint density at radius 2 is 1.89 bits per heavy atom. The Labute approximate surface area is 112 Å². The van der Waals surface area contributed by atoms with E-state index >= 15 is 0 Å². The molecular weight excluding hydrogens is 242 g/mol. The molecule has 0 aliphatic carbocycles. The highest BCUT2D eigenvalue weighted by Gasteiger charge is 2.43. The van der Waals surface area contributed by atoms with Crippen LogP contribution in [0.4, 0.5) is 0 Å². The van der Waals surface area contributed by atoms with Crippen LogP contribution in [0.3, 0.4) is 0 Å². The van der Waals surface area contributed by atoms with E-state index in [0.717, 1.165) is 5.56 Å². The third kappa shape index (κ3) is 2.38. The van der Waals surface area contributed by atoms with Gasteiger partial charge in [0, 0.05) is 13.0 Å². The lowest BCUT2D eigenvalue weighted by molar-refractivity contribution is -0.126. The number of hydrogen-bond acceptors (Lipinski definition) is 3. The first-order chi connectivity index (χ1) is 9.06. The second kappa shape index (κ2) is 5.26. The Kier molecular flexibility index (Phi) is 3.69. The number of likely N-dealkylation sites (tertiary alicyclic amines) is 1. The Morgan fingerprint density at radius 3 is 2.42 bits per heavy atom. The van der Waals surface area contributed by atoms with Gasteiger partial charge < -0.3 is 10.0 Å². The van der Waals surface area contributed by atoms with Gasteiger partial charge >= 0.3 is 0 Å². The van der Waals surface area contributed by atoms with Gasteiger partial charge in [-0.05, 0) is 19.4 Å². The molecule has 1 aliphatic rings. The summed E-state index contributed by atoms with van der Waals surface area (Å²) in [6.45, 7) is 3.67. The number of allylic oxidation sites excluding steroid dienone is 1. The van der Waals surface area contributed by atoms with Gasteiger partial charge in [0.1, 0.15) is 11.3 Å². The van der Waals surface area contributed by atoms with Crippen molar-refractivity contribution in [3.63, 3.8) is 0 Å². The van der Waals surface area contributed by atoms with Crippen molar-refractivity contribution in [2.45, 2.75) is 26.3 Å². The highest BCUT2D eigenvalue weighted by molar-refractivity contribution is 6.26. The molecule has 0 radical (unpaired) electrons. The summed E-state index contributed by atoms with van der Waals surface area (Å²) in [5.74, 6) is -0.840. The SMILES string of the molecule is CCN1C(=O)C(=C(C)O)C(=O)C1Cc1ccccc1. The number of aliphatic hydroxyl groups is 1. The molecule has 1 aliphatic heterocycles. The first kappa shape index (κ1) is 13.3. The summed E-state index contributed by atoms with van der Waals surface area (Å²) in [6.07, 6.45) is 0.482. The molecule has 1 heterocycles. The van der Waals surface area contributed by atoms with E-state index < -0.39 is 6.04 Å². The zero-order chi connectivity index (χ0) is 14.0. The Morgan fingerprint density at radius 1 is 1.26 bits per heavy atom. The number of amides is 1. The molecule has 1 saturated heterocycles. The number of Topliss-reactive ketones (excluding diaryl/α,β-unsaturated/α-hetero) is 1. The third-order valence-corrected chi connectivity index (χ3v) is 3.37. The summed E-state index contributed by atoms with van der Waals surface area (Å²) in [7, 11) is 0. The number of rotatable bonds is 3. The number of aliphatic hydroxyl groups excluding tert-OH is 1. The monoisotopic (exact) mass is 259 g/mol. The van der Waals surface area contributed by atoms with Crippen LogP contribution < -0.4 is 0 Å². The van der Waals surface area contributed by atoms with Gasteiger partial charge in [0.15, 0.2) is 5.78 Å². The Hall–Kier alpha value is -2.10. The van der Waals surface area contributed by atoms with E-state index in [2.05, 4.69) is 0 Å². The van der Waals surface area contributed by atoms with Crippen molar-refractivity contribution in [2.75, 3.05) is 6.54 Å². The summed E-state index contributed by atoms with van der Waals surface area (Å²) in [5.41, 5.74) is 0.937. The molecule has 1 atom stereocenters. The lowest BCUT2D eigenvalue weighted by Crippen LogP contribution is -2.36. The molecule has 1 aromatic rings. The number of carbonyl (C=O) groups excluding carboxylic acids is 2. The summed E-state index contributed by atoms with van der Waals surface area (Å²) >= 11 is 0. The molecule has 0 saturated carbocycles. The number of ketones is 1. The number of benzene rings is 1. The van der Waals surface area contributed by atoms with Gasteiger partial charge in [0.2, 0.25) is 0 Å². The molecule has 2 rings (SSSR count). The van der Waals surface area contributed by atoms with Gasteiger partial charge in [-0.1, -0.05) is 30.3 Å². The standard InChI is InChI=1S/C15H17NO3/c1-3-16-12(9-11-7-5-4-6-8-11)14(18)13(10(2)17)15(16)19/h4-8,12,17H,3,9H2,1-2H3. The predicted molar refractivity (Wildman–Crippen MR) is 71.7 cm³/mol. The van der Waals surface area contributed by atoms with Crippen molar-refractivity contribution in [3.8, 4) is 0 Å². The number of likely N-dealkylation sites (N-methyl/N-ethyl adjacent to an activating group) is 1. The average Bonchev–Trinajstić information content (AvgIpc) is 2.62. The molecule has 0 aromatic heterocycles. The van der Waals surface area contributed by atoms with Crippen LogP contribution in [0.15, 0.2) is 41.7 Å². The molecule has 100 valence electrons. The summed E-state index contributed by atoms with van der Waals surface area (Å²) in [5, 5.41) is 9.50. The van der Waals surface area contributed by atoms with Crippen molar-refractivity contribution in [1.29, 1.82) is 0 Å². The minimum Gasteiger partial charge on any atom is -0.512 e. The van der Waals surface area contributed by atoms with Crippen LogP contribution in [0.5, 0.6) is 0 Å². The van der Waals surface area contributed by atoms with Crippen molar-refractivity contribution in [1.82, 2.24) is 4.90 Å². The first-order valence-corrected chi connectivity index (χ1v) is 6.35. The van der Waals surface area contributed by atoms with E-state index in [1.54, 1.807) is 0 Å². The fraction of sp³-hybridized carbons (Fsp3) is 0.333. The van der Waals surface area contributed by atoms with Crippen molar-refractivity contribution in [3.05, 3.63) is 47.2 Å². The van der Waals surface area contributed by atoms with E-state index in [4.69, 9.17) is 0 Å². The maximum Gasteiger partial charge on any atom is 0.261 e. The fourth-order valence-corrected chi connectivity index (χ4v) is 2.44. The van der Waals surface area contributed by atoms with Gasteiger partial charge in [-0.15, -0.1) is 0 Å². The van der Waals surface area contributed by atoms with E-state index in [-0.39, 0.29) is 23.0 Å². The van der Waals surface area contributed by atoms with Gasteiger partial charge in [0.25, 0.3) is 5.91 Å². The van der Waals surface area contributed by atoms with Gasteiger partial charge in [-0.25, -0.2) is 0 Å². The van der Waals surface area contributed by atoms with Crippen LogP contribution >= 0.6 is 0 Å². The largest absolute Gasteiger partial charge is 0.512 e. The lowest BCUT2D eigenvalue weighted by atomic mass is 10.0. The topological polar surface area (TPSA) is 57.6 Å². The first-order valence-electron chi connectivity index (χ1n) is 6.35. The van der Waals surface area contributed by atoms with Crippen LogP contribution in [-0.2, 0) is 16.0 Å². The van der Waals surface area contributed by atoms with Crippen molar-refractivity contribution < 1.29 is 14.7 Å². The predicted octanol–water partition coefficient (Wildman–Crippen LogP) is 1.86. The summed E-state index contributed by atoms with van der Waals surface area (Å²) in [6, 6.07) is 9.07. The number of hydrogen-bond donors (Lipinski definition) is 1. The maximum atomic E-state index is 12.3. The zero-order valence-corrected chi connectivity index (χ0v) is 11.1. The average molecular weight is 259 g/mol. The molecule has 1 aromatic carbocycles. The molecule has 1 amide bonds. The molecule has 1 N–H and O–H groups in total. The Bertz CT molecular complexity index is 530. The molecule has 1 fully saturated rings. The minimum atomic E-state index is -0.503. The Balaban J connectivity index is 2.32. The molecular formula is C15H17NO3. The van der Waals surface area contributed by atoms with Gasteiger partial charge in [0.05, 0.1) is 6.04 Å². The summed E-state index contributed by atoms with van der Waals surface area (Å²) in [4.78, 5) is 25.8. The number of nitrogens with zero attached hydrogens (tertiary/aromatic N) is 1. The van der Waals surface area contributed by atoms with Gasteiger partial charge in [-0.3, -0.25) is 9.59 Å². The summed E-state index contributed by atoms with van der Waals surface area (Å²) < 4.78 is 0. The molecule has 1 unspecified atom stereocenters. The highest BCUT2D eigenvalue weighted by Crippen LogP contribution is 2.25. The van der Waals surface area contributed by atoms with Crippen molar-refractivity contribution >= 4 is 11.7 Å². The van der Waals surface area contributed by atoms with Crippen LogP contribution in [0, 0.1) is 0 Å². The van der Waals surface area contributed by atoms with E-state index in [0.29, 0.717) is 13.0 Å². The molecule has 4 heteroatoms.